The fourth-order valence-electron chi connectivity index (χ4n) is 0.784. The average molecular weight is 177 g/mol. The normalized spacial score (nSPS) is 10.6. The zero-order chi connectivity index (χ0) is 9.68. The van der Waals surface area contributed by atoms with Gasteiger partial charge in [0.25, 0.3) is 0 Å². The molecule has 68 valence electrons. The molecule has 0 saturated carbocycles. The van der Waals surface area contributed by atoms with E-state index in [-0.39, 0.29) is 0 Å². The van der Waals surface area contributed by atoms with Crippen LogP contribution in [0.15, 0.2) is 4.99 Å². The first-order valence-electron chi connectivity index (χ1n) is 4.02. The number of hydrogen-bond acceptors (Lipinski definition) is 5. The number of hydrogen-bond donors (Lipinski definition) is 1. The third-order valence-corrected chi connectivity index (χ3v) is 1.33. The van der Waals surface area contributed by atoms with Gasteiger partial charge >= 0.3 is 0 Å². The second kappa shape index (κ2) is 4.39. The van der Waals surface area contributed by atoms with E-state index in [2.05, 4.69) is 20.2 Å². The van der Waals surface area contributed by atoms with Crippen LogP contribution in [0.2, 0.25) is 0 Å². The van der Waals surface area contributed by atoms with E-state index in [0.717, 1.165) is 12.6 Å². The molecule has 0 radical (unpaired) electrons. The maximum atomic E-state index is 7.09. The Morgan fingerprint density at radius 1 is 1.46 bits per heavy atom. The Bertz CT molecular complexity index is 331. The SMILES string of the molecule is CC/C=N\c1nnc(C)nc1C=N. The predicted octanol–water partition coefficient (Wildman–Crippen LogP) is 1.29. The lowest BCUT2D eigenvalue weighted by Crippen LogP contribution is -1.97. The summed E-state index contributed by atoms with van der Waals surface area (Å²) in [6.45, 7) is 3.70. The molecule has 0 amide bonds. The van der Waals surface area contributed by atoms with Crippen molar-refractivity contribution < 1.29 is 0 Å². The van der Waals surface area contributed by atoms with Crippen LogP contribution in [-0.2, 0) is 0 Å². The molecule has 1 rings (SSSR count). The molecule has 0 spiro atoms. The van der Waals surface area contributed by atoms with Crippen molar-refractivity contribution >= 4 is 18.2 Å². The Morgan fingerprint density at radius 2 is 2.23 bits per heavy atom. The fraction of sp³-hybridized carbons (Fsp3) is 0.375. The molecular weight excluding hydrogens is 166 g/mol. The van der Waals surface area contributed by atoms with Gasteiger partial charge in [0.2, 0.25) is 5.82 Å². The number of rotatable bonds is 3. The number of aryl methyl sites for hydroxylation is 1. The van der Waals surface area contributed by atoms with Crippen LogP contribution in [0.1, 0.15) is 24.9 Å². The highest BCUT2D eigenvalue weighted by Crippen LogP contribution is 2.08. The highest BCUT2D eigenvalue weighted by atomic mass is 15.2. The van der Waals surface area contributed by atoms with E-state index < -0.39 is 0 Å². The molecule has 1 aromatic rings. The predicted molar refractivity (Wildman–Crippen MR) is 50.9 cm³/mol. The molecule has 1 N–H and O–H groups in total. The quantitative estimate of drug-likeness (QED) is 0.707. The van der Waals surface area contributed by atoms with Gasteiger partial charge < -0.3 is 5.41 Å². The Balaban J connectivity index is 3.06. The van der Waals surface area contributed by atoms with E-state index in [4.69, 9.17) is 5.41 Å². The van der Waals surface area contributed by atoms with Crippen molar-refractivity contribution in [3.63, 3.8) is 0 Å². The first-order valence-corrected chi connectivity index (χ1v) is 4.02. The van der Waals surface area contributed by atoms with Crippen molar-refractivity contribution in [2.45, 2.75) is 20.3 Å². The lowest BCUT2D eigenvalue weighted by molar-refractivity contribution is 0.901. The average Bonchev–Trinajstić information content (AvgIpc) is 2.16. The molecule has 0 aromatic carbocycles. The fourth-order valence-corrected chi connectivity index (χ4v) is 0.784. The molecule has 5 nitrogen and oxygen atoms in total. The molecule has 0 aliphatic heterocycles. The van der Waals surface area contributed by atoms with Crippen LogP contribution >= 0.6 is 0 Å². The maximum Gasteiger partial charge on any atom is 0.201 e. The van der Waals surface area contributed by atoms with Gasteiger partial charge in [0, 0.05) is 12.4 Å². The number of aliphatic imine (C=N–C) groups is 1. The van der Waals surface area contributed by atoms with Gasteiger partial charge in [-0.2, -0.15) is 0 Å². The minimum Gasteiger partial charge on any atom is -0.306 e. The molecule has 5 heteroatoms. The van der Waals surface area contributed by atoms with Crippen LogP contribution in [0.3, 0.4) is 0 Å². The Hall–Kier alpha value is -1.65. The highest BCUT2D eigenvalue weighted by molar-refractivity contribution is 5.81. The van der Waals surface area contributed by atoms with Gasteiger partial charge in [0.1, 0.15) is 11.5 Å². The minimum absolute atomic E-state index is 0.405. The van der Waals surface area contributed by atoms with Gasteiger partial charge in [0.05, 0.1) is 0 Å². The molecule has 0 bridgehead atoms. The summed E-state index contributed by atoms with van der Waals surface area (Å²) in [5.74, 6) is 0.955. The summed E-state index contributed by atoms with van der Waals surface area (Å²) in [7, 11) is 0. The zero-order valence-electron chi connectivity index (χ0n) is 7.65. The van der Waals surface area contributed by atoms with Crippen molar-refractivity contribution in [2.75, 3.05) is 0 Å². The van der Waals surface area contributed by atoms with Gasteiger partial charge in [-0.1, -0.05) is 6.92 Å². The monoisotopic (exact) mass is 177 g/mol. The first kappa shape index (κ1) is 9.44. The van der Waals surface area contributed by atoms with E-state index in [1.807, 2.05) is 6.92 Å². The second-order valence-electron chi connectivity index (χ2n) is 2.43. The second-order valence-corrected chi connectivity index (χ2v) is 2.43. The molecule has 0 atom stereocenters. The van der Waals surface area contributed by atoms with Crippen molar-refractivity contribution in [3.8, 4) is 0 Å². The third-order valence-electron chi connectivity index (χ3n) is 1.33. The van der Waals surface area contributed by atoms with Crippen molar-refractivity contribution in [1.82, 2.24) is 15.2 Å². The number of nitrogens with zero attached hydrogens (tertiary/aromatic N) is 4. The lowest BCUT2D eigenvalue weighted by Gasteiger charge is -1.96. The molecular formula is C8H11N5. The molecule has 0 unspecified atom stereocenters. The summed E-state index contributed by atoms with van der Waals surface area (Å²) in [5, 5.41) is 14.7. The maximum absolute atomic E-state index is 7.09. The molecule has 0 fully saturated rings. The number of nitrogens with one attached hydrogen (secondary N) is 1. The lowest BCUT2D eigenvalue weighted by atomic mass is 10.4. The zero-order valence-corrected chi connectivity index (χ0v) is 7.65. The molecule has 0 saturated heterocycles. The Morgan fingerprint density at radius 3 is 2.85 bits per heavy atom. The van der Waals surface area contributed by atoms with E-state index in [1.54, 1.807) is 13.1 Å². The van der Waals surface area contributed by atoms with Gasteiger partial charge in [-0.05, 0) is 13.3 Å². The summed E-state index contributed by atoms with van der Waals surface area (Å²) in [4.78, 5) is 8.04. The Kier molecular flexibility index (Phi) is 3.19. The third kappa shape index (κ3) is 2.40. The van der Waals surface area contributed by atoms with Crippen LogP contribution in [0.4, 0.5) is 5.82 Å². The van der Waals surface area contributed by atoms with Gasteiger partial charge in [-0.15, -0.1) is 10.2 Å². The smallest absolute Gasteiger partial charge is 0.201 e. The van der Waals surface area contributed by atoms with E-state index in [0.29, 0.717) is 17.3 Å². The largest absolute Gasteiger partial charge is 0.306 e. The van der Waals surface area contributed by atoms with E-state index in [9.17, 15) is 0 Å². The summed E-state index contributed by atoms with van der Waals surface area (Å²) in [6, 6.07) is 0. The van der Waals surface area contributed by atoms with Gasteiger partial charge in [-0.3, -0.25) is 0 Å². The topological polar surface area (TPSA) is 74.9 Å². The van der Waals surface area contributed by atoms with Crippen LogP contribution in [-0.4, -0.2) is 27.6 Å². The van der Waals surface area contributed by atoms with Crippen molar-refractivity contribution in [2.24, 2.45) is 4.99 Å². The minimum atomic E-state index is 0.405. The summed E-state index contributed by atoms with van der Waals surface area (Å²) in [6.07, 6.45) is 3.67. The summed E-state index contributed by atoms with van der Waals surface area (Å²) >= 11 is 0. The van der Waals surface area contributed by atoms with Gasteiger partial charge in [-0.25, -0.2) is 9.98 Å². The first-order chi connectivity index (χ1) is 6.27. The standard InChI is InChI=1S/C8H11N5/c1-3-4-10-8-7(5-9)11-6(2)12-13-8/h4-5,9H,3H2,1-2H3/b9-5?,10-4-. The molecule has 0 aliphatic carbocycles. The molecule has 1 aromatic heterocycles. The summed E-state index contributed by atoms with van der Waals surface area (Å²) in [5.41, 5.74) is 0.456. The molecule has 13 heavy (non-hydrogen) atoms. The van der Waals surface area contributed by atoms with Crippen LogP contribution in [0.25, 0.3) is 0 Å². The molecule has 0 aliphatic rings. The van der Waals surface area contributed by atoms with Crippen molar-refractivity contribution in [1.29, 1.82) is 5.41 Å². The van der Waals surface area contributed by atoms with E-state index >= 15 is 0 Å². The van der Waals surface area contributed by atoms with Crippen LogP contribution < -0.4 is 0 Å². The molecule has 1 heterocycles. The van der Waals surface area contributed by atoms with Crippen LogP contribution in [0.5, 0.6) is 0 Å². The van der Waals surface area contributed by atoms with Crippen molar-refractivity contribution in [3.05, 3.63) is 11.5 Å². The highest BCUT2D eigenvalue weighted by Gasteiger charge is 2.01. The summed E-state index contributed by atoms with van der Waals surface area (Å²) < 4.78 is 0. The van der Waals surface area contributed by atoms with E-state index in [1.165, 1.54) is 0 Å². The Labute approximate surface area is 76.5 Å². The van der Waals surface area contributed by atoms with Crippen LogP contribution in [0, 0.1) is 12.3 Å². The number of aromatic nitrogens is 3. The van der Waals surface area contributed by atoms with Gasteiger partial charge in [0.15, 0.2) is 0 Å².